The van der Waals surface area contributed by atoms with Crippen molar-refractivity contribution >= 4 is 50.1 Å². The van der Waals surface area contributed by atoms with Gasteiger partial charge in [-0.05, 0) is 42.9 Å². The maximum absolute atomic E-state index is 12.6. The number of furan rings is 1. The number of thiophene rings is 1. The number of fused-ring (bicyclic) bond motifs is 4. The summed E-state index contributed by atoms with van der Waals surface area (Å²) in [6.45, 7) is 2.31. The first kappa shape index (κ1) is 17.0. The lowest BCUT2D eigenvalue weighted by Crippen LogP contribution is -2.08. The van der Waals surface area contributed by atoms with Crippen LogP contribution < -0.4 is 0 Å². The zero-order valence-corrected chi connectivity index (χ0v) is 16.5. The molecule has 1 aliphatic rings. The summed E-state index contributed by atoms with van der Waals surface area (Å²) in [5.74, 6) is 1.44. The van der Waals surface area contributed by atoms with E-state index >= 15 is 0 Å². The van der Waals surface area contributed by atoms with E-state index < -0.39 is 0 Å². The minimum atomic E-state index is -0.0133. The van der Waals surface area contributed by atoms with Gasteiger partial charge in [0.15, 0.2) is 5.76 Å². The number of aromatic nitrogens is 2. The Labute approximate surface area is 165 Å². The largest absolute Gasteiger partial charge is 0.453 e. The molecule has 0 radical (unpaired) electrons. The van der Waals surface area contributed by atoms with Crippen LogP contribution >= 0.6 is 23.1 Å². The van der Waals surface area contributed by atoms with Gasteiger partial charge in [0.25, 0.3) is 0 Å². The van der Waals surface area contributed by atoms with Gasteiger partial charge in [0, 0.05) is 15.6 Å². The maximum Gasteiger partial charge on any atom is 0.208 e. The number of carbonyl (C=O) groups is 1. The Balaban J connectivity index is 1.42. The molecule has 136 valence electrons. The summed E-state index contributed by atoms with van der Waals surface area (Å²) in [6.07, 6.45) is 5.02. The van der Waals surface area contributed by atoms with Gasteiger partial charge in [-0.25, -0.2) is 9.97 Å². The van der Waals surface area contributed by atoms with E-state index in [9.17, 15) is 4.79 Å². The summed E-state index contributed by atoms with van der Waals surface area (Å²) in [4.78, 5) is 24.1. The number of para-hydroxylation sites is 1. The predicted molar refractivity (Wildman–Crippen MR) is 110 cm³/mol. The molecule has 4 aromatic rings. The van der Waals surface area contributed by atoms with Gasteiger partial charge in [-0.3, -0.25) is 4.79 Å². The van der Waals surface area contributed by atoms with Crippen molar-refractivity contribution in [2.24, 2.45) is 5.92 Å². The van der Waals surface area contributed by atoms with Gasteiger partial charge in [0.1, 0.15) is 21.8 Å². The van der Waals surface area contributed by atoms with Gasteiger partial charge in [0.05, 0.1) is 5.75 Å². The molecule has 3 aromatic heterocycles. The van der Waals surface area contributed by atoms with Crippen LogP contribution in [0.25, 0.3) is 21.2 Å². The van der Waals surface area contributed by atoms with Crippen molar-refractivity contribution in [3.63, 3.8) is 0 Å². The first-order chi connectivity index (χ1) is 13.2. The number of carbonyl (C=O) groups excluding carboxylic acids is 1. The lowest BCUT2D eigenvalue weighted by Gasteiger charge is -2.18. The molecular formula is C21H18N2O2S2. The maximum atomic E-state index is 12.6. The van der Waals surface area contributed by atoms with Crippen LogP contribution in [0.1, 0.15) is 34.3 Å². The number of Topliss-reactive ketones (excluding diaryl/α,β-unsaturated/α-hetero) is 1. The summed E-state index contributed by atoms with van der Waals surface area (Å²) in [5.41, 5.74) is 2.14. The number of thioether (sulfide) groups is 1. The summed E-state index contributed by atoms with van der Waals surface area (Å²) in [5, 5.41) is 3.03. The van der Waals surface area contributed by atoms with Crippen molar-refractivity contribution in [3.8, 4) is 0 Å². The van der Waals surface area contributed by atoms with Crippen molar-refractivity contribution in [1.82, 2.24) is 9.97 Å². The second kappa shape index (κ2) is 6.77. The summed E-state index contributed by atoms with van der Waals surface area (Å²) < 4.78 is 5.70. The van der Waals surface area contributed by atoms with Crippen molar-refractivity contribution in [1.29, 1.82) is 0 Å². The zero-order chi connectivity index (χ0) is 18.4. The molecule has 0 unspecified atom stereocenters. The molecule has 0 N–H and O–H groups in total. The molecule has 1 atom stereocenters. The Morgan fingerprint density at radius 2 is 2.22 bits per heavy atom. The van der Waals surface area contributed by atoms with Crippen LogP contribution in [0.4, 0.5) is 0 Å². The van der Waals surface area contributed by atoms with Crippen LogP contribution in [0.15, 0.2) is 46.1 Å². The van der Waals surface area contributed by atoms with Crippen molar-refractivity contribution in [2.45, 2.75) is 31.2 Å². The number of hydrogen-bond donors (Lipinski definition) is 0. The highest BCUT2D eigenvalue weighted by atomic mass is 32.2. The summed E-state index contributed by atoms with van der Waals surface area (Å²) >= 11 is 3.27. The smallest absolute Gasteiger partial charge is 0.208 e. The lowest BCUT2D eigenvalue weighted by molar-refractivity contribution is 0.0994. The molecule has 0 aliphatic heterocycles. The Morgan fingerprint density at radius 3 is 3.11 bits per heavy atom. The van der Waals surface area contributed by atoms with Gasteiger partial charge in [-0.1, -0.05) is 36.9 Å². The topological polar surface area (TPSA) is 56.0 Å². The lowest BCUT2D eigenvalue weighted by atomic mass is 9.89. The molecule has 3 heterocycles. The van der Waals surface area contributed by atoms with E-state index in [1.54, 1.807) is 17.7 Å². The van der Waals surface area contributed by atoms with Crippen LogP contribution in [0, 0.1) is 5.92 Å². The van der Waals surface area contributed by atoms with E-state index in [1.807, 2.05) is 30.3 Å². The van der Waals surface area contributed by atoms with Crippen LogP contribution in [-0.4, -0.2) is 21.5 Å². The van der Waals surface area contributed by atoms with E-state index in [4.69, 9.17) is 4.42 Å². The molecule has 0 bridgehead atoms. The fourth-order valence-corrected chi connectivity index (χ4v) is 5.99. The highest BCUT2D eigenvalue weighted by molar-refractivity contribution is 8.00. The molecular weight excluding hydrogens is 376 g/mol. The molecule has 1 aliphatic carbocycles. The van der Waals surface area contributed by atoms with Crippen molar-refractivity contribution in [3.05, 3.63) is 52.9 Å². The standard InChI is InChI=1S/C21H18N2O2S2/c1-12-6-7-14-18(8-12)27-21-19(14)20(22-11-23-21)26-10-15(24)17-9-13-4-2-3-5-16(13)25-17/h2-5,9,11-12H,6-8,10H2,1H3/t12-/m1/s1. The normalized spacial score (nSPS) is 16.7. The third-order valence-electron chi connectivity index (χ3n) is 5.10. The number of ketones is 1. The summed E-state index contributed by atoms with van der Waals surface area (Å²) in [7, 11) is 0. The minimum absolute atomic E-state index is 0.0133. The fraction of sp³-hybridized carbons (Fsp3) is 0.286. The van der Waals surface area contributed by atoms with Gasteiger partial charge < -0.3 is 4.42 Å². The average molecular weight is 395 g/mol. The van der Waals surface area contributed by atoms with Gasteiger partial charge >= 0.3 is 0 Å². The first-order valence-electron chi connectivity index (χ1n) is 9.09. The molecule has 1 aromatic carbocycles. The minimum Gasteiger partial charge on any atom is -0.453 e. The van der Waals surface area contributed by atoms with Crippen LogP contribution in [0.5, 0.6) is 0 Å². The molecule has 27 heavy (non-hydrogen) atoms. The first-order valence-corrected chi connectivity index (χ1v) is 10.9. The van der Waals surface area contributed by atoms with Crippen LogP contribution in [0.2, 0.25) is 0 Å². The molecule has 6 heteroatoms. The van der Waals surface area contributed by atoms with Gasteiger partial charge in [-0.2, -0.15) is 0 Å². The Hall–Kier alpha value is -2.18. The van der Waals surface area contributed by atoms with Crippen molar-refractivity contribution < 1.29 is 9.21 Å². The second-order valence-corrected chi connectivity index (χ2v) is 9.12. The molecule has 0 spiro atoms. The van der Waals surface area contributed by atoms with Gasteiger partial charge in [0.2, 0.25) is 5.78 Å². The van der Waals surface area contributed by atoms with Crippen LogP contribution in [0.3, 0.4) is 0 Å². The molecule has 4 nitrogen and oxygen atoms in total. The highest BCUT2D eigenvalue weighted by Gasteiger charge is 2.23. The quantitative estimate of drug-likeness (QED) is 0.258. The number of aryl methyl sites for hydroxylation is 1. The number of hydrogen-bond acceptors (Lipinski definition) is 6. The average Bonchev–Trinajstić information content (AvgIpc) is 3.26. The van der Waals surface area contributed by atoms with E-state index in [2.05, 4.69) is 16.9 Å². The van der Waals surface area contributed by atoms with Gasteiger partial charge in [-0.15, -0.1) is 11.3 Å². The van der Waals surface area contributed by atoms with E-state index in [-0.39, 0.29) is 5.78 Å². The molecule has 0 fully saturated rings. The van der Waals surface area contributed by atoms with Crippen molar-refractivity contribution in [2.75, 3.05) is 5.75 Å². The third kappa shape index (κ3) is 3.07. The third-order valence-corrected chi connectivity index (χ3v) is 7.25. The Kier molecular flexibility index (Phi) is 4.25. The zero-order valence-electron chi connectivity index (χ0n) is 14.9. The van der Waals surface area contributed by atoms with Crippen LogP contribution in [-0.2, 0) is 12.8 Å². The Morgan fingerprint density at radius 1 is 1.33 bits per heavy atom. The SMILES string of the molecule is C[C@@H]1CCc2c(sc3ncnc(SCC(=O)c4cc5ccccc5o4)c23)C1. The van der Waals surface area contributed by atoms with E-state index in [1.165, 1.54) is 28.6 Å². The molecule has 5 rings (SSSR count). The Bertz CT molecular complexity index is 1130. The monoisotopic (exact) mass is 394 g/mol. The second-order valence-electron chi connectivity index (χ2n) is 7.07. The highest BCUT2D eigenvalue weighted by Crippen LogP contribution is 2.40. The number of benzene rings is 1. The predicted octanol–water partition coefficient (Wildman–Crippen LogP) is 5.54. The fourth-order valence-electron chi connectivity index (χ4n) is 3.68. The molecule has 0 saturated heterocycles. The summed E-state index contributed by atoms with van der Waals surface area (Å²) in [6, 6.07) is 9.51. The molecule has 0 amide bonds. The van der Waals surface area contributed by atoms with E-state index in [0.29, 0.717) is 11.5 Å². The number of rotatable bonds is 4. The van der Waals surface area contributed by atoms with E-state index in [0.717, 1.165) is 45.0 Å². The number of nitrogens with zero attached hydrogens (tertiary/aromatic N) is 2. The molecule has 0 saturated carbocycles.